The molecule has 0 saturated heterocycles. The standard InChI is InChI=1S/C17H11N/c18-12-15-11-14(10-13-6-2-1-3-7-13)16-8-4-5-9-17(15)16/h1-11H/b14-10-. The molecule has 0 amide bonds. The minimum atomic E-state index is 0.743. The molecule has 0 bridgehead atoms. The molecule has 0 heterocycles. The normalized spacial score (nSPS) is 15.1. The zero-order valence-electron chi connectivity index (χ0n) is 9.80. The summed E-state index contributed by atoms with van der Waals surface area (Å²) in [5, 5.41) is 9.15. The van der Waals surface area contributed by atoms with Gasteiger partial charge in [0.1, 0.15) is 0 Å². The van der Waals surface area contributed by atoms with Crippen LogP contribution >= 0.6 is 0 Å². The van der Waals surface area contributed by atoms with E-state index in [1.807, 2.05) is 42.5 Å². The van der Waals surface area contributed by atoms with Crippen molar-refractivity contribution in [2.75, 3.05) is 0 Å². The number of fused-ring (bicyclic) bond motifs is 1. The lowest BCUT2D eigenvalue weighted by molar-refractivity contribution is 1.52. The van der Waals surface area contributed by atoms with E-state index < -0.39 is 0 Å². The van der Waals surface area contributed by atoms with Gasteiger partial charge in [-0.05, 0) is 28.9 Å². The molecular weight excluding hydrogens is 218 g/mol. The molecule has 84 valence electrons. The number of allylic oxidation sites excluding steroid dienone is 3. The summed E-state index contributed by atoms with van der Waals surface area (Å²) < 4.78 is 0. The van der Waals surface area contributed by atoms with Crippen molar-refractivity contribution in [2.45, 2.75) is 0 Å². The fourth-order valence-corrected chi connectivity index (χ4v) is 2.22. The summed E-state index contributed by atoms with van der Waals surface area (Å²) >= 11 is 0. The van der Waals surface area contributed by atoms with Gasteiger partial charge in [-0.25, -0.2) is 0 Å². The molecule has 0 radical (unpaired) electrons. The Bertz CT molecular complexity index is 685. The van der Waals surface area contributed by atoms with E-state index in [1.165, 1.54) is 0 Å². The van der Waals surface area contributed by atoms with Crippen LogP contribution in [0.25, 0.3) is 17.2 Å². The maximum atomic E-state index is 9.15. The highest BCUT2D eigenvalue weighted by Gasteiger charge is 2.16. The third-order valence-electron chi connectivity index (χ3n) is 3.07. The summed E-state index contributed by atoms with van der Waals surface area (Å²) in [4.78, 5) is 0. The molecule has 0 spiro atoms. The zero-order valence-corrected chi connectivity index (χ0v) is 9.80. The van der Waals surface area contributed by atoms with E-state index >= 15 is 0 Å². The van der Waals surface area contributed by atoms with Crippen LogP contribution in [-0.4, -0.2) is 0 Å². The molecule has 1 aliphatic carbocycles. The summed E-state index contributed by atoms with van der Waals surface area (Å²) in [6.45, 7) is 0. The van der Waals surface area contributed by atoms with Gasteiger partial charge in [0.2, 0.25) is 0 Å². The highest BCUT2D eigenvalue weighted by molar-refractivity contribution is 6.04. The van der Waals surface area contributed by atoms with E-state index in [-0.39, 0.29) is 0 Å². The van der Waals surface area contributed by atoms with Gasteiger partial charge < -0.3 is 0 Å². The van der Waals surface area contributed by atoms with Crippen molar-refractivity contribution in [3.63, 3.8) is 0 Å². The van der Waals surface area contributed by atoms with Gasteiger partial charge in [-0.2, -0.15) is 5.26 Å². The molecule has 0 unspecified atom stereocenters. The Morgan fingerprint density at radius 3 is 2.22 bits per heavy atom. The Morgan fingerprint density at radius 1 is 0.833 bits per heavy atom. The minimum absolute atomic E-state index is 0.743. The van der Waals surface area contributed by atoms with Crippen LogP contribution in [0, 0.1) is 11.3 Å². The van der Waals surface area contributed by atoms with E-state index in [0.29, 0.717) is 0 Å². The van der Waals surface area contributed by atoms with Gasteiger partial charge in [0, 0.05) is 5.56 Å². The molecule has 1 aliphatic rings. The molecule has 0 aromatic heterocycles. The van der Waals surface area contributed by atoms with Gasteiger partial charge >= 0.3 is 0 Å². The van der Waals surface area contributed by atoms with Crippen molar-refractivity contribution in [3.8, 4) is 6.07 Å². The third kappa shape index (κ3) is 1.74. The second kappa shape index (κ2) is 4.35. The second-order valence-corrected chi connectivity index (χ2v) is 4.23. The van der Waals surface area contributed by atoms with Crippen molar-refractivity contribution in [2.24, 2.45) is 0 Å². The summed E-state index contributed by atoms with van der Waals surface area (Å²) in [5.74, 6) is 0. The first kappa shape index (κ1) is 10.6. The van der Waals surface area contributed by atoms with E-state index in [2.05, 4.69) is 30.3 Å². The zero-order chi connectivity index (χ0) is 12.4. The lowest BCUT2D eigenvalue weighted by Gasteiger charge is -2.01. The smallest absolute Gasteiger partial charge is 0.0998 e. The number of rotatable bonds is 1. The number of nitriles is 1. The number of hydrogen-bond acceptors (Lipinski definition) is 1. The molecule has 0 atom stereocenters. The summed E-state index contributed by atoms with van der Waals surface area (Å²) in [6.07, 6.45) is 4.07. The SMILES string of the molecule is N#CC1=C/C(=C/c2ccccc2)c2ccccc21. The Kier molecular flexibility index (Phi) is 2.55. The van der Waals surface area contributed by atoms with Crippen LogP contribution in [0.2, 0.25) is 0 Å². The molecule has 2 aromatic carbocycles. The summed E-state index contributed by atoms with van der Waals surface area (Å²) in [6, 6.07) is 20.4. The number of benzene rings is 2. The van der Waals surface area contributed by atoms with Crippen molar-refractivity contribution < 1.29 is 0 Å². The van der Waals surface area contributed by atoms with Crippen LogP contribution in [-0.2, 0) is 0 Å². The van der Waals surface area contributed by atoms with Crippen molar-refractivity contribution in [3.05, 3.63) is 77.4 Å². The maximum absolute atomic E-state index is 9.15. The van der Waals surface area contributed by atoms with Crippen LogP contribution in [0.4, 0.5) is 0 Å². The van der Waals surface area contributed by atoms with Crippen LogP contribution in [0.15, 0.2) is 60.7 Å². The van der Waals surface area contributed by atoms with E-state index in [0.717, 1.165) is 27.8 Å². The average molecular weight is 229 g/mol. The number of nitrogens with zero attached hydrogens (tertiary/aromatic N) is 1. The fraction of sp³-hybridized carbons (Fsp3) is 0. The van der Waals surface area contributed by atoms with Crippen LogP contribution in [0.1, 0.15) is 16.7 Å². The van der Waals surface area contributed by atoms with Gasteiger partial charge in [-0.1, -0.05) is 54.6 Å². The van der Waals surface area contributed by atoms with Gasteiger partial charge in [0.25, 0.3) is 0 Å². The predicted octanol–water partition coefficient (Wildman–Crippen LogP) is 4.15. The Hall–Kier alpha value is -2.59. The van der Waals surface area contributed by atoms with Crippen molar-refractivity contribution in [1.29, 1.82) is 5.26 Å². The van der Waals surface area contributed by atoms with Gasteiger partial charge in [0.15, 0.2) is 0 Å². The minimum Gasteiger partial charge on any atom is -0.192 e. The summed E-state index contributed by atoms with van der Waals surface area (Å²) in [7, 11) is 0. The van der Waals surface area contributed by atoms with E-state index in [9.17, 15) is 0 Å². The van der Waals surface area contributed by atoms with Crippen LogP contribution < -0.4 is 0 Å². The molecule has 0 aliphatic heterocycles. The quantitative estimate of drug-likeness (QED) is 0.720. The largest absolute Gasteiger partial charge is 0.192 e. The van der Waals surface area contributed by atoms with Crippen LogP contribution in [0.3, 0.4) is 0 Å². The lowest BCUT2D eigenvalue weighted by Crippen LogP contribution is -1.81. The molecule has 3 rings (SSSR count). The van der Waals surface area contributed by atoms with E-state index in [4.69, 9.17) is 5.26 Å². The third-order valence-corrected chi connectivity index (χ3v) is 3.07. The fourth-order valence-electron chi connectivity index (χ4n) is 2.22. The molecule has 1 heteroatoms. The van der Waals surface area contributed by atoms with Crippen LogP contribution in [0.5, 0.6) is 0 Å². The molecular formula is C17H11N. The van der Waals surface area contributed by atoms with Gasteiger partial charge in [-0.3, -0.25) is 0 Å². The number of hydrogen-bond donors (Lipinski definition) is 0. The topological polar surface area (TPSA) is 23.8 Å². The first-order valence-electron chi connectivity index (χ1n) is 5.87. The Balaban J connectivity index is 2.14. The lowest BCUT2D eigenvalue weighted by atomic mass is 10.0. The summed E-state index contributed by atoms with van der Waals surface area (Å²) in [5.41, 5.74) is 5.17. The molecule has 0 saturated carbocycles. The maximum Gasteiger partial charge on any atom is 0.0998 e. The second-order valence-electron chi connectivity index (χ2n) is 4.23. The Labute approximate surface area is 106 Å². The molecule has 0 N–H and O–H groups in total. The highest BCUT2D eigenvalue weighted by atomic mass is 14.3. The van der Waals surface area contributed by atoms with Gasteiger partial charge in [-0.15, -0.1) is 0 Å². The highest BCUT2D eigenvalue weighted by Crippen LogP contribution is 2.35. The Morgan fingerprint density at radius 2 is 1.50 bits per heavy atom. The van der Waals surface area contributed by atoms with E-state index in [1.54, 1.807) is 0 Å². The first-order valence-corrected chi connectivity index (χ1v) is 5.87. The van der Waals surface area contributed by atoms with Gasteiger partial charge in [0.05, 0.1) is 11.6 Å². The predicted molar refractivity (Wildman–Crippen MR) is 74.3 cm³/mol. The first-order chi connectivity index (χ1) is 8.88. The molecule has 1 nitrogen and oxygen atoms in total. The molecule has 18 heavy (non-hydrogen) atoms. The molecule has 2 aromatic rings. The van der Waals surface area contributed by atoms with Crippen molar-refractivity contribution in [1.82, 2.24) is 0 Å². The van der Waals surface area contributed by atoms with Crippen molar-refractivity contribution >= 4 is 17.2 Å². The average Bonchev–Trinajstić information content (AvgIpc) is 2.78. The molecule has 0 fully saturated rings. The monoisotopic (exact) mass is 229 g/mol.